The summed E-state index contributed by atoms with van der Waals surface area (Å²) in [6, 6.07) is 11.4. The second-order valence-electron chi connectivity index (χ2n) is 10.2. The van der Waals surface area contributed by atoms with Crippen LogP contribution in [0.1, 0.15) is 69.8 Å². The monoisotopic (exact) mass is 585 g/mol. The molecule has 10 heteroatoms. The number of aryl methyl sites for hydroxylation is 1. The van der Waals surface area contributed by atoms with Crippen LogP contribution in [0.2, 0.25) is 0 Å². The molecule has 0 aliphatic carbocycles. The number of rotatable bonds is 12. The molecule has 0 fully saturated rings. The SMILES string of the molecule is CC(C)C.CCCc1cc(OC)c(OC)c(OC)c1.CC[C@H](CC(=O)NO)C(=O)NCC(=O)c1c[nH]c2ccccc12. The van der Waals surface area contributed by atoms with Crippen molar-refractivity contribution >= 4 is 28.5 Å². The Morgan fingerprint density at radius 3 is 2.05 bits per heavy atom. The van der Waals surface area contributed by atoms with Crippen LogP contribution in [0, 0.1) is 11.8 Å². The van der Waals surface area contributed by atoms with Crippen LogP contribution in [-0.4, -0.2) is 55.7 Å². The maximum absolute atomic E-state index is 12.3. The number of Topliss-reactive ketones (excluding diaryl/α,β-unsaturated/α-hetero) is 1. The minimum Gasteiger partial charge on any atom is -0.493 e. The van der Waals surface area contributed by atoms with Crippen molar-refractivity contribution in [2.75, 3.05) is 27.9 Å². The zero-order chi connectivity index (χ0) is 31.7. The molecule has 232 valence electrons. The lowest BCUT2D eigenvalue weighted by molar-refractivity contribution is -0.134. The highest BCUT2D eigenvalue weighted by atomic mass is 16.5. The van der Waals surface area contributed by atoms with Gasteiger partial charge < -0.3 is 24.5 Å². The molecule has 1 aromatic heterocycles. The number of H-pyrrole nitrogens is 1. The number of ketones is 1. The molecule has 0 unspecified atom stereocenters. The number of benzene rings is 2. The van der Waals surface area contributed by atoms with Gasteiger partial charge in [0.2, 0.25) is 17.6 Å². The Labute approximate surface area is 249 Å². The fraction of sp³-hybridized carbons (Fsp3) is 0.469. The van der Waals surface area contributed by atoms with Gasteiger partial charge in [-0.15, -0.1) is 0 Å². The van der Waals surface area contributed by atoms with Gasteiger partial charge in [-0.2, -0.15) is 0 Å². The molecule has 1 atom stereocenters. The average Bonchev–Trinajstić information content (AvgIpc) is 3.42. The molecule has 0 saturated carbocycles. The first-order valence-electron chi connectivity index (χ1n) is 14.1. The lowest BCUT2D eigenvalue weighted by Crippen LogP contribution is -2.36. The van der Waals surface area contributed by atoms with Gasteiger partial charge in [0.25, 0.3) is 0 Å². The third-order valence-corrected chi connectivity index (χ3v) is 6.00. The fourth-order valence-electron chi connectivity index (χ4n) is 3.97. The number of para-hydroxylation sites is 1. The number of nitrogens with one attached hydrogen (secondary N) is 3. The molecule has 3 rings (SSSR count). The number of hydrogen-bond acceptors (Lipinski definition) is 7. The fourth-order valence-corrected chi connectivity index (χ4v) is 3.97. The van der Waals surface area contributed by atoms with Gasteiger partial charge in [0.1, 0.15) is 0 Å². The van der Waals surface area contributed by atoms with Crippen LogP contribution in [0.4, 0.5) is 0 Å². The highest BCUT2D eigenvalue weighted by Crippen LogP contribution is 2.38. The van der Waals surface area contributed by atoms with Crippen molar-refractivity contribution in [3.8, 4) is 17.2 Å². The molecule has 2 amide bonds. The zero-order valence-corrected chi connectivity index (χ0v) is 26.1. The summed E-state index contributed by atoms with van der Waals surface area (Å²) in [5.41, 5.74) is 4.07. The molecule has 3 aromatic rings. The van der Waals surface area contributed by atoms with E-state index in [4.69, 9.17) is 19.4 Å². The van der Waals surface area contributed by atoms with Crippen LogP contribution >= 0.6 is 0 Å². The van der Waals surface area contributed by atoms with Gasteiger partial charge in [0, 0.05) is 35.0 Å². The van der Waals surface area contributed by atoms with E-state index in [0.717, 1.165) is 41.2 Å². The van der Waals surface area contributed by atoms with Gasteiger partial charge in [-0.3, -0.25) is 19.6 Å². The van der Waals surface area contributed by atoms with E-state index < -0.39 is 11.8 Å². The molecule has 1 heterocycles. The third kappa shape index (κ3) is 11.4. The highest BCUT2D eigenvalue weighted by Gasteiger charge is 2.21. The summed E-state index contributed by atoms with van der Waals surface area (Å²) in [6.45, 7) is 10.3. The van der Waals surface area contributed by atoms with Crippen molar-refractivity contribution in [2.45, 2.75) is 60.3 Å². The Bertz CT molecular complexity index is 1240. The average molecular weight is 586 g/mol. The number of hydrogen-bond donors (Lipinski definition) is 4. The largest absolute Gasteiger partial charge is 0.493 e. The van der Waals surface area contributed by atoms with Crippen molar-refractivity contribution < 1.29 is 33.8 Å². The van der Waals surface area contributed by atoms with E-state index in [1.807, 2.05) is 36.4 Å². The van der Waals surface area contributed by atoms with Gasteiger partial charge in [-0.25, -0.2) is 5.48 Å². The Balaban J connectivity index is 0.000000399. The van der Waals surface area contributed by atoms with Crippen LogP contribution in [0.3, 0.4) is 0 Å². The molecule has 0 aliphatic rings. The van der Waals surface area contributed by atoms with Crippen molar-refractivity contribution in [3.05, 3.63) is 53.7 Å². The summed E-state index contributed by atoms with van der Waals surface area (Å²) >= 11 is 0. The number of aromatic nitrogens is 1. The second kappa shape index (κ2) is 19.1. The minimum atomic E-state index is -0.630. The first-order chi connectivity index (χ1) is 20.1. The van der Waals surface area contributed by atoms with Crippen molar-refractivity contribution in [2.24, 2.45) is 11.8 Å². The highest BCUT2D eigenvalue weighted by molar-refractivity contribution is 6.09. The Morgan fingerprint density at radius 2 is 1.55 bits per heavy atom. The van der Waals surface area contributed by atoms with Crippen LogP contribution < -0.4 is 25.0 Å². The molecule has 0 saturated heterocycles. The number of carbonyl (C=O) groups is 3. The predicted molar refractivity (Wildman–Crippen MR) is 165 cm³/mol. The lowest BCUT2D eigenvalue weighted by Gasteiger charge is -2.13. The van der Waals surface area contributed by atoms with Crippen molar-refractivity contribution in [1.82, 2.24) is 15.8 Å². The Kier molecular flexibility index (Phi) is 16.4. The molecule has 0 radical (unpaired) electrons. The third-order valence-electron chi connectivity index (χ3n) is 6.00. The molecular formula is C32H47N3O7. The van der Waals surface area contributed by atoms with Gasteiger partial charge in [-0.05, 0) is 42.5 Å². The van der Waals surface area contributed by atoms with Crippen molar-refractivity contribution in [1.29, 1.82) is 0 Å². The van der Waals surface area contributed by atoms with Gasteiger partial charge >= 0.3 is 0 Å². The Morgan fingerprint density at radius 1 is 0.952 bits per heavy atom. The minimum absolute atomic E-state index is 0.125. The first-order valence-corrected chi connectivity index (χ1v) is 14.1. The summed E-state index contributed by atoms with van der Waals surface area (Å²) in [6.07, 6.45) is 4.03. The molecule has 10 nitrogen and oxygen atoms in total. The van der Waals surface area contributed by atoms with E-state index in [-0.39, 0.29) is 24.7 Å². The molecule has 42 heavy (non-hydrogen) atoms. The molecule has 0 aliphatic heterocycles. The summed E-state index contributed by atoms with van der Waals surface area (Å²) in [7, 11) is 4.87. The maximum atomic E-state index is 12.3. The molecule has 4 N–H and O–H groups in total. The molecule has 2 aromatic carbocycles. The van der Waals surface area contributed by atoms with Crippen LogP contribution in [0.25, 0.3) is 10.9 Å². The Hall–Kier alpha value is -4.05. The van der Waals surface area contributed by atoms with E-state index in [2.05, 4.69) is 38.0 Å². The zero-order valence-electron chi connectivity index (χ0n) is 26.1. The number of aromatic amines is 1. The summed E-state index contributed by atoms with van der Waals surface area (Å²) in [4.78, 5) is 38.4. The van der Waals surface area contributed by atoms with E-state index in [1.54, 1.807) is 34.4 Å². The summed E-state index contributed by atoms with van der Waals surface area (Å²) < 4.78 is 15.8. The maximum Gasteiger partial charge on any atom is 0.244 e. The molecular weight excluding hydrogens is 538 g/mol. The summed E-state index contributed by atoms with van der Waals surface area (Å²) in [5, 5.41) is 11.9. The number of hydroxylamine groups is 1. The normalized spacial score (nSPS) is 10.9. The summed E-state index contributed by atoms with van der Waals surface area (Å²) in [5.74, 6) is 1.12. The van der Waals surface area contributed by atoms with Crippen LogP contribution in [-0.2, 0) is 16.0 Å². The first kappa shape index (κ1) is 36.0. The molecule has 0 bridgehead atoms. The topological polar surface area (TPSA) is 139 Å². The van der Waals surface area contributed by atoms with Gasteiger partial charge in [-0.1, -0.05) is 59.2 Å². The van der Waals surface area contributed by atoms with Crippen molar-refractivity contribution in [3.63, 3.8) is 0 Å². The number of amides is 2. The number of methoxy groups -OCH3 is 3. The predicted octanol–water partition coefficient (Wildman–Crippen LogP) is 5.72. The van der Waals surface area contributed by atoms with Crippen LogP contribution in [0.5, 0.6) is 17.2 Å². The number of carbonyl (C=O) groups excluding carboxylic acids is 3. The second-order valence-corrected chi connectivity index (χ2v) is 10.2. The van der Waals surface area contributed by atoms with Crippen LogP contribution in [0.15, 0.2) is 42.6 Å². The van der Waals surface area contributed by atoms with E-state index >= 15 is 0 Å². The standard InChI is InChI=1S/C16H19N3O4.C12H18O3.C4H10/c1-2-10(7-15(21)19-23)16(22)18-9-14(20)12-8-17-13-6-4-3-5-11(12)13;1-5-6-9-7-10(13-2)12(15-4)11(8-9)14-3;1-4(2)3/h3-6,8,10,17,23H,2,7,9H2,1H3,(H,18,22)(H,19,21);7-8H,5-6H2,1-4H3;4H,1-3H3/t10-;;/m1../s1. The smallest absolute Gasteiger partial charge is 0.244 e. The van der Waals surface area contributed by atoms with Gasteiger partial charge in [0.05, 0.1) is 27.9 Å². The molecule has 0 spiro atoms. The lowest BCUT2D eigenvalue weighted by atomic mass is 10.0. The van der Waals surface area contributed by atoms with E-state index in [9.17, 15) is 14.4 Å². The number of ether oxygens (including phenoxy) is 3. The number of fused-ring (bicyclic) bond motifs is 1. The van der Waals surface area contributed by atoms with E-state index in [1.165, 1.54) is 11.0 Å². The van der Waals surface area contributed by atoms with Gasteiger partial charge in [0.15, 0.2) is 17.3 Å². The van der Waals surface area contributed by atoms with E-state index in [0.29, 0.717) is 17.7 Å². The quantitative estimate of drug-likeness (QED) is 0.121.